The highest BCUT2D eigenvalue weighted by Crippen LogP contribution is 2.51. The van der Waals surface area contributed by atoms with Crippen molar-refractivity contribution in [3.05, 3.63) is 66.9 Å². The monoisotopic (exact) mass is 426 g/mol. The van der Waals surface area contributed by atoms with Gasteiger partial charge in [0.2, 0.25) is 0 Å². The molecule has 0 aromatic heterocycles. The highest BCUT2D eigenvalue weighted by molar-refractivity contribution is 7.55. The molecule has 24 heavy (non-hydrogen) atoms. The molecule has 0 atom stereocenters. The Balaban J connectivity index is 2.87. The van der Waals surface area contributed by atoms with E-state index in [2.05, 4.69) is 0 Å². The van der Waals surface area contributed by atoms with Gasteiger partial charge in [-0.05, 0) is 12.5 Å². The molecule has 0 aliphatic carbocycles. The molecule has 2 aromatic rings. The first-order chi connectivity index (χ1) is 11.0. The Hall–Kier alpha value is -0.710. The van der Waals surface area contributed by atoms with Crippen molar-refractivity contribution in [1.82, 2.24) is 0 Å². The van der Waals surface area contributed by atoms with Gasteiger partial charge in [0.15, 0.2) is 0 Å². The van der Waals surface area contributed by atoms with Gasteiger partial charge in [0.1, 0.15) is 10.8 Å². The lowest BCUT2D eigenvalue weighted by Crippen LogP contribution is -1.94. The molecular formula is C15H11Cl4O4P. The fraction of sp³-hybridized carbons (Fsp3) is 0.0667. The molecule has 0 heterocycles. The van der Waals surface area contributed by atoms with Gasteiger partial charge in [0, 0.05) is 17.0 Å². The van der Waals surface area contributed by atoms with E-state index >= 15 is 0 Å². The standard InChI is InChI=1S/C15H11Cl4O4P/c1-7-2-4-8(5-3-7)9(6-24(21,22)23)10-11(16)12(17)13(18)14(19)15(10)20/h2-6,20H,1H3,(H2,21,22,23)/b9-6-. The Labute approximate surface area is 158 Å². The van der Waals surface area contributed by atoms with Crippen molar-refractivity contribution in [2.24, 2.45) is 0 Å². The summed E-state index contributed by atoms with van der Waals surface area (Å²) in [6, 6.07) is 6.74. The van der Waals surface area contributed by atoms with Gasteiger partial charge in [-0.2, -0.15) is 0 Å². The number of phenolic OH excluding ortho intramolecular Hbond substituents is 1. The maximum Gasteiger partial charge on any atom is 0.349 e. The van der Waals surface area contributed by atoms with Gasteiger partial charge < -0.3 is 14.9 Å². The second-order valence-corrected chi connectivity index (χ2v) is 7.93. The summed E-state index contributed by atoms with van der Waals surface area (Å²) in [5.41, 5.74) is 1.24. The van der Waals surface area contributed by atoms with Crippen LogP contribution in [0.5, 0.6) is 5.75 Å². The quantitative estimate of drug-likeness (QED) is 0.324. The molecule has 3 N–H and O–H groups in total. The van der Waals surface area contributed by atoms with E-state index in [1.807, 2.05) is 6.92 Å². The summed E-state index contributed by atoms with van der Waals surface area (Å²) in [5.74, 6) is 0.176. The second-order valence-electron chi connectivity index (χ2n) is 4.98. The molecule has 0 aliphatic heterocycles. The highest BCUT2D eigenvalue weighted by atomic mass is 35.5. The maximum absolute atomic E-state index is 11.5. The van der Waals surface area contributed by atoms with E-state index in [4.69, 9.17) is 46.4 Å². The van der Waals surface area contributed by atoms with Crippen LogP contribution in [-0.4, -0.2) is 14.9 Å². The van der Waals surface area contributed by atoms with Crippen LogP contribution in [0.4, 0.5) is 0 Å². The fourth-order valence-corrected chi connectivity index (χ4v) is 3.61. The summed E-state index contributed by atoms with van der Waals surface area (Å²) >= 11 is 24.0. The average Bonchev–Trinajstić information content (AvgIpc) is 2.50. The van der Waals surface area contributed by atoms with E-state index in [1.54, 1.807) is 24.3 Å². The fourth-order valence-electron chi connectivity index (χ4n) is 2.05. The lowest BCUT2D eigenvalue weighted by Gasteiger charge is -2.16. The molecule has 0 saturated carbocycles. The molecule has 2 rings (SSSR count). The molecular weight excluding hydrogens is 417 g/mol. The molecule has 9 heteroatoms. The Morgan fingerprint density at radius 2 is 1.46 bits per heavy atom. The number of benzene rings is 2. The van der Waals surface area contributed by atoms with E-state index in [1.165, 1.54) is 0 Å². The van der Waals surface area contributed by atoms with Gasteiger partial charge in [0.05, 0.1) is 15.1 Å². The molecule has 0 bridgehead atoms. The van der Waals surface area contributed by atoms with Crippen LogP contribution >= 0.6 is 54.0 Å². The zero-order chi connectivity index (χ0) is 18.2. The van der Waals surface area contributed by atoms with Gasteiger partial charge in [-0.3, -0.25) is 4.57 Å². The van der Waals surface area contributed by atoms with Crippen molar-refractivity contribution in [3.63, 3.8) is 0 Å². The highest BCUT2D eigenvalue weighted by Gasteiger charge is 2.25. The lowest BCUT2D eigenvalue weighted by molar-refractivity contribution is 0.386. The predicted molar refractivity (Wildman–Crippen MR) is 98.4 cm³/mol. The number of hydrogen-bond acceptors (Lipinski definition) is 2. The third kappa shape index (κ3) is 4.09. The van der Waals surface area contributed by atoms with Crippen LogP contribution in [0.3, 0.4) is 0 Å². The summed E-state index contributed by atoms with van der Waals surface area (Å²) in [6.45, 7) is 1.86. The van der Waals surface area contributed by atoms with Crippen molar-refractivity contribution < 1.29 is 19.5 Å². The summed E-state index contributed by atoms with van der Waals surface area (Å²) < 4.78 is 11.5. The van der Waals surface area contributed by atoms with Crippen LogP contribution in [0, 0.1) is 6.92 Å². The number of rotatable bonds is 3. The normalized spacial score (nSPS) is 12.5. The number of aromatic hydroxyl groups is 1. The van der Waals surface area contributed by atoms with Crippen molar-refractivity contribution in [2.75, 3.05) is 0 Å². The van der Waals surface area contributed by atoms with Crippen LogP contribution in [-0.2, 0) is 4.57 Å². The predicted octanol–water partition coefficient (Wildman–Crippen LogP) is 5.88. The van der Waals surface area contributed by atoms with E-state index in [-0.39, 0.29) is 31.2 Å². The Kier molecular flexibility index (Phi) is 5.94. The topological polar surface area (TPSA) is 77.8 Å². The molecule has 128 valence electrons. The number of phenols is 1. The average molecular weight is 428 g/mol. The smallest absolute Gasteiger partial charge is 0.349 e. The van der Waals surface area contributed by atoms with Gasteiger partial charge in [-0.15, -0.1) is 0 Å². The minimum absolute atomic E-state index is 0.00806. The van der Waals surface area contributed by atoms with Gasteiger partial charge in [-0.1, -0.05) is 76.2 Å². The summed E-state index contributed by atoms with van der Waals surface area (Å²) in [5, 5.41) is 9.62. The van der Waals surface area contributed by atoms with Crippen LogP contribution in [0.25, 0.3) is 5.57 Å². The zero-order valence-electron chi connectivity index (χ0n) is 12.1. The van der Waals surface area contributed by atoms with Crippen molar-refractivity contribution in [1.29, 1.82) is 0 Å². The zero-order valence-corrected chi connectivity index (χ0v) is 16.0. The van der Waals surface area contributed by atoms with Gasteiger partial charge in [-0.25, -0.2) is 0 Å². The summed E-state index contributed by atoms with van der Waals surface area (Å²) in [4.78, 5) is 18.7. The molecule has 0 aliphatic rings. The molecule has 0 amide bonds. The van der Waals surface area contributed by atoms with Crippen molar-refractivity contribution in [2.45, 2.75) is 6.92 Å². The Morgan fingerprint density at radius 1 is 0.958 bits per heavy atom. The molecule has 0 radical (unpaired) electrons. The number of hydrogen-bond donors (Lipinski definition) is 3. The molecule has 2 aromatic carbocycles. The van der Waals surface area contributed by atoms with Crippen molar-refractivity contribution in [3.8, 4) is 5.75 Å². The van der Waals surface area contributed by atoms with Crippen LogP contribution < -0.4 is 0 Å². The molecule has 0 fully saturated rings. The van der Waals surface area contributed by atoms with Crippen LogP contribution in [0.2, 0.25) is 20.1 Å². The van der Waals surface area contributed by atoms with E-state index in [0.717, 1.165) is 5.56 Å². The Morgan fingerprint density at radius 3 is 1.96 bits per heavy atom. The van der Waals surface area contributed by atoms with E-state index in [9.17, 15) is 19.5 Å². The first-order valence-electron chi connectivity index (χ1n) is 6.43. The lowest BCUT2D eigenvalue weighted by atomic mass is 9.97. The molecule has 0 spiro atoms. The third-order valence-corrected chi connectivity index (χ3v) is 5.56. The minimum atomic E-state index is -4.60. The maximum atomic E-state index is 11.5. The Bertz CT molecular complexity index is 843. The summed E-state index contributed by atoms with van der Waals surface area (Å²) in [7, 11) is -4.60. The first kappa shape index (κ1) is 19.6. The molecule has 0 saturated heterocycles. The number of aryl methyl sites for hydroxylation is 1. The van der Waals surface area contributed by atoms with Crippen molar-refractivity contribution >= 4 is 59.6 Å². The van der Waals surface area contributed by atoms with Crippen LogP contribution in [0.1, 0.15) is 16.7 Å². The van der Waals surface area contributed by atoms with E-state index in [0.29, 0.717) is 11.4 Å². The molecule has 0 unspecified atom stereocenters. The SMILES string of the molecule is Cc1ccc(/C(=C/P(=O)(O)O)c2c(O)c(Cl)c(Cl)c(Cl)c2Cl)cc1. The summed E-state index contributed by atoms with van der Waals surface area (Å²) in [6.07, 6.45) is 0. The van der Waals surface area contributed by atoms with Gasteiger partial charge in [0.25, 0.3) is 0 Å². The number of halogens is 4. The minimum Gasteiger partial charge on any atom is -0.506 e. The second kappa shape index (κ2) is 7.27. The van der Waals surface area contributed by atoms with Gasteiger partial charge >= 0.3 is 7.60 Å². The molecule has 4 nitrogen and oxygen atoms in total. The largest absolute Gasteiger partial charge is 0.506 e. The third-order valence-electron chi connectivity index (χ3n) is 3.17. The van der Waals surface area contributed by atoms with E-state index < -0.39 is 13.3 Å². The van der Waals surface area contributed by atoms with Crippen LogP contribution in [0.15, 0.2) is 30.1 Å². The first-order valence-corrected chi connectivity index (χ1v) is 9.62.